The molecule has 0 bridgehead atoms. The fourth-order valence-corrected chi connectivity index (χ4v) is 3.28. The number of nitrogens with zero attached hydrogens (tertiary/aromatic N) is 1. The number of ether oxygens (including phenoxy) is 1. The number of hydrogen-bond donors (Lipinski definition) is 3. The first-order valence-electron chi connectivity index (χ1n) is 8.37. The van der Waals surface area contributed by atoms with Crippen LogP contribution in [0.1, 0.15) is 29.8 Å². The van der Waals surface area contributed by atoms with Crippen molar-refractivity contribution in [2.75, 3.05) is 6.61 Å². The number of benzene rings is 2. The fraction of sp³-hybridized carbons (Fsp3) is 0.211. The number of nitrogens with one attached hydrogen (secondary N) is 2. The topological polar surface area (TPSA) is 100 Å². The molecular formula is C19H19BrIN3O4. The van der Waals surface area contributed by atoms with Crippen LogP contribution in [-0.4, -0.2) is 35.8 Å². The van der Waals surface area contributed by atoms with Gasteiger partial charge >= 0.3 is 0 Å². The lowest BCUT2D eigenvalue weighted by Crippen LogP contribution is -2.43. The van der Waals surface area contributed by atoms with Crippen molar-refractivity contribution in [2.45, 2.75) is 19.9 Å². The predicted octanol–water partition coefficient (Wildman–Crippen LogP) is 3.43. The third-order valence-electron chi connectivity index (χ3n) is 3.60. The van der Waals surface area contributed by atoms with Crippen molar-refractivity contribution < 1.29 is 19.4 Å². The molecule has 0 radical (unpaired) electrons. The number of hydrazone groups is 1. The molecule has 0 spiro atoms. The first kappa shape index (κ1) is 22.2. The first-order valence-corrected chi connectivity index (χ1v) is 10.2. The van der Waals surface area contributed by atoms with Crippen LogP contribution in [0.25, 0.3) is 0 Å². The second-order valence-electron chi connectivity index (χ2n) is 5.69. The highest BCUT2D eigenvalue weighted by molar-refractivity contribution is 14.1. The lowest BCUT2D eigenvalue weighted by atomic mass is 10.2. The number of phenolic OH excluding ortho intramolecular Hbond substituents is 1. The molecular weight excluding hydrogens is 541 g/mol. The molecule has 0 aliphatic rings. The number of phenols is 1. The maximum absolute atomic E-state index is 12.2. The Kier molecular flexibility index (Phi) is 8.24. The van der Waals surface area contributed by atoms with Crippen molar-refractivity contribution in [1.29, 1.82) is 0 Å². The van der Waals surface area contributed by atoms with Gasteiger partial charge in [-0.2, -0.15) is 5.10 Å². The number of aromatic hydroxyl groups is 1. The normalized spacial score (nSPS) is 11.9. The van der Waals surface area contributed by atoms with Crippen molar-refractivity contribution in [3.05, 3.63) is 55.6 Å². The molecule has 0 fully saturated rings. The molecule has 2 aromatic rings. The Morgan fingerprint density at radius 2 is 2.07 bits per heavy atom. The molecule has 3 N–H and O–H groups in total. The van der Waals surface area contributed by atoms with Crippen molar-refractivity contribution in [1.82, 2.24) is 10.7 Å². The van der Waals surface area contributed by atoms with Gasteiger partial charge in [0.1, 0.15) is 6.04 Å². The summed E-state index contributed by atoms with van der Waals surface area (Å²) in [6.07, 6.45) is 1.43. The van der Waals surface area contributed by atoms with Crippen LogP contribution in [0.15, 0.2) is 46.0 Å². The molecule has 1 atom stereocenters. The van der Waals surface area contributed by atoms with Crippen molar-refractivity contribution in [3.63, 3.8) is 0 Å². The number of carbonyl (C=O) groups is 2. The standard InChI is InChI=1S/C19H19BrIN3O4/c1-3-28-16-9-12(8-15(21)17(16)25)10-22-24-18(26)11(2)23-19(27)13-6-4-5-7-14(13)20/h4-11,25H,3H2,1-2H3,(H,23,27)(H,24,26)/b22-10+. The van der Waals surface area contributed by atoms with Gasteiger partial charge in [0.05, 0.1) is 22.0 Å². The zero-order valence-electron chi connectivity index (χ0n) is 15.2. The predicted molar refractivity (Wildman–Crippen MR) is 119 cm³/mol. The number of carbonyl (C=O) groups excluding carboxylic acids is 2. The smallest absolute Gasteiger partial charge is 0.262 e. The van der Waals surface area contributed by atoms with Gasteiger partial charge in [-0.05, 0) is 82.2 Å². The van der Waals surface area contributed by atoms with E-state index in [2.05, 4.69) is 31.8 Å². The van der Waals surface area contributed by atoms with Crippen LogP contribution in [0.2, 0.25) is 0 Å². The minimum atomic E-state index is -0.782. The molecule has 0 aliphatic carbocycles. The van der Waals surface area contributed by atoms with E-state index in [-0.39, 0.29) is 11.7 Å². The SMILES string of the molecule is CCOc1cc(/C=N/NC(=O)C(C)NC(=O)c2ccccc2Br)cc(I)c1O. The van der Waals surface area contributed by atoms with Crippen LogP contribution in [-0.2, 0) is 4.79 Å². The number of rotatable bonds is 7. The van der Waals surface area contributed by atoms with E-state index in [0.29, 0.717) is 31.5 Å². The summed E-state index contributed by atoms with van der Waals surface area (Å²) >= 11 is 5.29. The minimum Gasteiger partial charge on any atom is -0.504 e. The average Bonchev–Trinajstić information content (AvgIpc) is 2.66. The van der Waals surface area contributed by atoms with Gasteiger partial charge in [-0.1, -0.05) is 12.1 Å². The minimum absolute atomic E-state index is 0.0621. The summed E-state index contributed by atoms with van der Waals surface area (Å²) in [5.41, 5.74) is 3.47. The van der Waals surface area contributed by atoms with Gasteiger partial charge in [0.15, 0.2) is 11.5 Å². The molecule has 0 aromatic heterocycles. The molecule has 2 amide bonds. The first-order chi connectivity index (χ1) is 13.3. The number of amides is 2. The summed E-state index contributed by atoms with van der Waals surface area (Å²) in [7, 11) is 0. The van der Waals surface area contributed by atoms with Gasteiger partial charge in [0.25, 0.3) is 11.8 Å². The fourth-order valence-electron chi connectivity index (χ4n) is 2.19. The lowest BCUT2D eigenvalue weighted by molar-refractivity contribution is -0.122. The quantitative estimate of drug-likeness (QED) is 0.275. The van der Waals surface area contributed by atoms with Crippen LogP contribution in [0, 0.1) is 3.57 Å². The molecule has 0 saturated heterocycles. The summed E-state index contributed by atoms with van der Waals surface area (Å²) in [4.78, 5) is 24.4. The Bertz CT molecular complexity index is 905. The molecule has 0 saturated carbocycles. The Morgan fingerprint density at radius 3 is 2.75 bits per heavy atom. The van der Waals surface area contributed by atoms with Gasteiger partial charge in [-0.15, -0.1) is 0 Å². The third kappa shape index (κ3) is 5.93. The van der Waals surface area contributed by atoms with Crippen LogP contribution >= 0.6 is 38.5 Å². The maximum atomic E-state index is 12.2. The molecule has 1 unspecified atom stereocenters. The molecule has 7 nitrogen and oxygen atoms in total. The summed E-state index contributed by atoms with van der Waals surface area (Å²) < 4.78 is 6.61. The van der Waals surface area contributed by atoms with E-state index >= 15 is 0 Å². The van der Waals surface area contributed by atoms with Gasteiger partial charge in [0.2, 0.25) is 0 Å². The highest BCUT2D eigenvalue weighted by Gasteiger charge is 2.17. The molecule has 0 heterocycles. The second-order valence-corrected chi connectivity index (χ2v) is 7.71. The summed E-state index contributed by atoms with van der Waals surface area (Å²) in [5.74, 6) is -0.424. The molecule has 2 aromatic carbocycles. The average molecular weight is 560 g/mol. The molecule has 148 valence electrons. The van der Waals surface area contributed by atoms with Crippen LogP contribution < -0.4 is 15.5 Å². The Balaban J connectivity index is 1.97. The van der Waals surface area contributed by atoms with E-state index in [1.807, 2.05) is 29.5 Å². The van der Waals surface area contributed by atoms with Gasteiger partial charge in [-0.3, -0.25) is 9.59 Å². The zero-order chi connectivity index (χ0) is 20.7. The van der Waals surface area contributed by atoms with Gasteiger partial charge in [-0.25, -0.2) is 5.43 Å². The highest BCUT2D eigenvalue weighted by Crippen LogP contribution is 2.32. The van der Waals surface area contributed by atoms with E-state index in [1.165, 1.54) is 6.21 Å². The number of halogens is 2. The monoisotopic (exact) mass is 559 g/mol. The van der Waals surface area contributed by atoms with E-state index < -0.39 is 11.9 Å². The largest absolute Gasteiger partial charge is 0.504 e. The van der Waals surface area contributed by atoms with E-state index in [0.717, 1.165) is 0 Å². The summed E-state index contributed by atoms with van der Waals surface area (Å²) in [6.45, 7) is 3.79. The van der Waals surface area contributed by atoms with E-state index in [1.54, 1.807) is 43.3 Å². The van der Waals surface area contributed by atoms with Crippen LogP contribution in [0.3, 0.4) is 0 Å². The highest BCUT2D eigenvalue weighted by atomic mass is 127. The molecule has 28 heavy (non-hydrogen) atoms. The van der Waals surface area contributed by atoms with Crippen LogP contribution in [0.4, 0.5) is 0 Å². The van der Waals surface area contributed by atoms with Crippen molar-refractivity contribution in [2.24, 2.45) is 5.10 Å². The Morgan fingerprint density at radius 1 is 1.36 bits per heavy atom. The Hall–Kier alpha value is -2.14. The van der Waals surface area contributed by atoms with Crippen LogP contribution in [0.5, 0.6) is 11.5 Å². The molecule has 0 aliphatic heterocycles. The summed E-state index contributed by atoms with van der Waals surface area (Å²) in [5, 5.41) is 16.5. The zero-order valence-corrected chi connectivity index (χ0v) is 18.9. The van der Waals surface area contributed by atoms with Crippen molar-refractivity contribution >= 4 is 56.5 Å². The molecule has 2 rings (SSSR count). The lowest BCUT2D eigenvalue weighted by Gasteiger charge is -2.13. The molecule has 9 heteroatoms. The van der Waals surface area contributed by atoms with E-state index in [4.69, 9.17) is 4.74 Å². The second kappa shape index (κ2) is 10.4. The third-order valence-corrected chi connectivity index (χ3v) is 5.11. The van der Waals surface area contributed by atoms with Gasteiger partial charge < -0.3 is 15.2 Å². The van der Waals surface area contributed by atoms with Gasteiger partial charge in [0, 0.05) is 4.47 Å². The number of hydrogen-bond acceptors (Lipinski definition) is 5. The van der Waals surface area contributed by atoms with E-state index in [9.17, 15) is 14.7 Å². The summed E-state index contributed by atoms with van der Waals surface area (Å²) in [6, 6.07) is 9.48. The van der Waals surface area contributed by atoms with Crippen molar-refractivity contribution in [3.8, 4) is 11.5 Å². The maximum Gasteiger partial charge on any atom is 0.262 e. The Labute approximate surface area is 184 Å².